The minimum Gasteiger partial charge on any atom is -0.305 e. The summed E-state index contributed by atoms with van der Waals surface area (Å²) in [6.45, 7) is 1.63. The quantitative estimate of drug-likeness (QED) is 0.815. The first-order chi connectivity index (χ1) is 7.90. The van der Waals surface area contributed by atoms with Crippen molar-refractivity contribution in [3.05, 3.63) is 4.60 Å². The molecule has 1 atom stereocenters. The molecule has 2 rings (SSSR count). The molecule has 0 saturated carbocycles. The van der Waals surface area contributed by atoms with Crippen molar-refractivity contribution >= 4 is 26.0 Å². The fraction of sp³-hybridized carbons (Fsp3) is 0.750. The second kappa shape index (κ2) is 4.63. The lowest BCUT2D eigenvalue weighted by Crippen LogP contribution is -2.37. The Morgan fingerprint density at radius 3 is 2.65 bits per heavy atom. The van der Waals surface area contributed by atoms with Crippen LogP contribution >= 0.6 is 15.9 Å². The lowest BCUT2D eigenvalue weighted by molar-refractivity contribution is 0.407. The van der Waals surface area contributed by atoms with E-state index in [0.717, 1.165) is 19.5 Å². The van der Waals surface area contributed by atoms with Gasteiger partial charge in [0.1, 0.15) is 0 Å². The van der Waals surface area contributed by atoms with Gasteiger partial charge in [0.05, 0.1) is 0 Å². The van der Waals surface area contributed by atoms with Crippen LogP contribution in [0.2, 0.25) is 0 Å². The third-order valence-corrected chi connectivity index (χ3v) is 5.11. The van der Waals surface area contributed by atoms with E-state index in [0.29, 0.717) is 0 Å². The van der Waals surface area contributed by atoms with Crippen molar-refractivity contribution in [1.82, 2.24) is 24.6 Å². The number of aromatic nitrogens is 3. The molecule has 0 bridgehead atoms. The number of hydrogen-bond acceptors (Lipinski definition) is 5. The van der Waals surface area contributed by atoms with E-state index in [9.17, 15) is 8.42 Å². The van der Waals surface area contributed by atoms with E-state index in [2.05, 4.69) is 35.9 Å². The number of halogens is 1. The monoisotopic (exact) mass is 323 g/mol. The maximum absolute atomic E-state index is 12.1. The average molecular weight is 324 g/mol. The lowest BCUT2D eigenvalue weighted by Gasteiger charge is -2.13. The third kappa shape index (κ3) is 2.67. The highest BCUT2D eigenvalue weighted by molar-refractivity contribution is 9.10. The molecule has 96 valence electrons. The predicted octanol–water partition coefficient (Wildman–Crippen LogP) is -0.440. The fourth-order valence-electron chi connectivity index (χ4n) is 1.91. The van der Waals surface area contributed by atoms with Gasteiger partial charge in [0.25, 0.3) is 10.0 Å². The van der Waals surface area contributed by atoms with E-state index in [4.69, 9.17) is 0 Å². The Morgan fingerprint density at radius 2 is 2.18 bits per heavy atom. The van der Waals surface area contributed by atoms with Gasteiger partial charge >= 0.3 is 0 Å². The van der Waals surface area contributed by atoms with Crippen LogP contribution in [-0.2, 0) is 17.1 Å². The highest BCUT2D eigenvalue weighted by Gasteiger charge is 2.29. The molecule has 1 fully saturated rings. The van der Waals surface area contributed by atoms with E-state index >= 15 is 0 Å². The summed E-state index contributed by atoms with van der Waals surface area (Å²) in [4.78, 5) is 2.09. The van der Waals surface area contributed by atoms with Crippen molar-refractivity contribution in [3.63, 3.8) is 0 Å². The molecule has 0 spiro atoms. The number of nitrogens with zero attached hydrogens (tertiary/aromatic N) is 4. The van der Waals surface area contributed by atoms with Gasteiger partial charge in [0.2, 0.25) is 5.03 Å². The number of sulfonamides is 1. The van der Waals surface area contributed by atoms with Gasteiger partial charge in [-0.25, -0.2) is 17.8 Å². The van der Waals surface area contributed by atoms with Crippen molar-refractivity contribution in [2.24, 2.45) is 7.05 Å². The van der Waals surface area contributed by atoms with Gasteiger partial charge in [-0.15, -0.1) is 5.10 Å². The first kappa shape index (κ1) is 12.9. The smallest absolute Gasteiger partial charge is 0.260 e. The summed E-state index contributed by atoms with van der Waals surface area (Å²) >= 11 is 3.09. The summed E-state index contributed by atoms with van der Waals surface area (Å²) in [5.74, 6) is 0. The predicted molar refractivity (Wildman–Crippen MR) is 64.9 cm³/mol. The second-order valence-corrected chi connectivity index (χ2v) is 6.56. The molecule has 0 aliphatic carbocycles. The Labute approximate surface area is 108 Å². The molecule has 2 heterocycles. The van der Waals surface area contributed by atoms with Gasteiger partial charge in [0, 0.05) is 19.6 Å². The number of likely N-dealkylation sites (tertiary alicyclic amines) is 1. The van der Waals surface area contributed by atoms with E-state index < -0.39 is 10.0 Å². The van der Waals surface area contributed by atoms with E-state index in [-0.39, 0.29) is 15.7 Å². The summed E-state index contributed by atoms with van der Waals surface area (Å²) in [6, 6.07) is -0.0493. The molecule has 1 aromatic rings. The Hall–Kier alpha value is -0.510. The summed E-state index contributed by atoms with van der Waals surface area (Å²) in [7, 11) is -0.0539. The van der Waals surface area contributed by atoms with Gasteiger partial charge in [-0.3, -0.25) is 0 Å². The second-order valence-electron chi connectivity index (χ2n) is 4.18. The lowest BCUT2D eigenvalue weighted by atomic mass is 10.3. The molecule has 1 aliphatic rings. The van der Waals surface area contributed by atoms with Gasteiger partial charge in [-0.2, -0.15) is 0 Å². The first-order valence-electron chi connectivity index (χ1n) is 5.16. The van der Waals surface area contributed by atoms with Crippen LogP contribution in [0.1, 0.15) is 6.42 Å². The maximum Gasteiger partial charge on any atom is 0.260 e. The van der Waals surface area contributed by atoms with Gasteiger partial charge in [0.15, 0.2) is 4.60 Å². The number of likely N-dealkylation sites (N-methyl/N-ethyl adjacent to an activating group) is 1. The van der Waals surface area contributed by atoms with Crippen LogP contribution in [0.15, 0.2) is 9.63 Å². The van der Waals surface area contributed by atoms with E-state index in [1.54, 1.807) is 7.05 Å². The number of aryl methyl sites for hydroxylation is 1. The molecule has 1 aromatic heterocycles. The summed E-state index contributed by atoms with van der Waals surface area (Å²) in [5, 5.41) is 7.40. The molecule has 1 N–H and O–H groups in total. The summed E-state index contributed by atoms with van der Waals surface area (Å²) in [5.41, 5.74) is 0. The topological polar surface area (TPSA) is 80.1 Å². The van der Waals surface area contributed by atoms with E-state index in [1.807, 2.05) is 7.05 Å². The zero-order valence-electron chi connectivity index (χ0n) is 9.59. The third-order valence-electron chi connectivity index (χ3n) is 2.70. The van der Waals surface area contributed by atoms with Gasteiger partial charge < -0.3 is 4.90 Å². The van der Waals surface area contributed by atoms with Crippen molar-refractivity contribution in [1.29, 1.82) is 0 Å². The molecule has 0 aromatic carbocycles. The standard InChI is InChI=1S/C8H14BrN5O2S/c1-13-4-3-6(5-13)11-17(15,16)8-7(9)10-12-14(8)2/h6,11H,3-5H2,1-2H3. The SMILES string of the molecule is CN1CCC(NS(=O)(=O)c2c(Br)nnn2C)C1. The highest BCUT2D eigenvalue weighted by Crippen LogP contribution is 2.19. The summed E-state index contributed by atoms with van der Waals surface area (Å²) in [6.07, 6.45) is 0.818. The number of nitrogens with one attached hydrogen (secondary N) is 1. The molecule has 1 aliphatic heterocycles. The van der Waals surface area contributed by atoms with Crippen molar-refractivity contribution in [2.45, 2.75) is 17.5 Å². The summed E-state index contributed by atoms with van der Waals surface area (Å²) < 4.78 is 28.4. The molecule has 1 saturated heterocycles. The van der Waals surface area contributed by atoms with Crippen LogP contribution in [0.5, 0.6) is 0 Å². The van der Waals surface area contributed by atoms with Gasteiger partial charge in [-0.1, -0.05) is 5.21 Å². The Kier molecular flexibility index (Phi) is 3.53. The molecule has 9 heteroatoms. The number of hydrogen-bond donors (Lipinski definition) is 1. The number of rotatable bonds is 3. The molecular weight excluding hydrogens is 310 g/mol. The van der Waals surface area contributed by atoms with E-state index in [1.165, 1.54) is 4.68 Å². The molecule has 0 radical (unpaired) electrons. The first-order valence-corrected chi connectivity index (χ1v) is 7.44. The van der Waals surface area contributed by atoms with Gasteiger partial charge in [-0.05, 0) is 35.9 Å². The minimum atomic E-state index is -3.57. The Bertz CT molecular complexity index is 494. The molecule has 1 unspecified atom stereocenters. The zero-order chi connectivity index (χ0) is 12.6. The normalized spacial score (nSPS) is 22.2. The van der Waals surface area contributed by atoms with Crippen LogP contribution in [-0.4, -0.2) is 54.5 Å². The molecule has 17 heavy (non-hydrogen) atoms. The van der Waals surface area contributed by atoms with Crippen molar-refractivity contribution < 1.29 is 8.42 Å². The minimum absolute atomic E-state index is 0.0493. The van der Waals surface area contributed by atoms with Crippen molar-refractivity contribution in [2.75, 3.05) is 20.1 Å². The highest BCUT2D eigenvalue weighted by atomic mass is 79.9. The van der Waals surface area contributed by atoms with Crippen molar-refractivity contribution in [3.8, 4) is 0 Å². The van der Waals surface area contributed by atoms with Crippen LogP contribution in [0.25, 0.3) is 0 Å². The largest absolute Gasteiger partial charge is 0.305 e. The van der Waals surface area contributed by atoms with Crippen LogP contribution in [0.4, 0.5) is 0 Å². The average Bonchev–Trinajstić information content (AvgIpc) is 2.73. The molecule has 0 amide bonds. The van der Waals surface area contributed by atoms with Crippen LogP contribution < -0.4 is 4.72 Å². The molecule has 7 nitrogen and oxygen atoms in total. The Balaban J connectivity index is 2.20. The fourth-order valence-corrected chi connectivity index (χ4v) is 4.27. The zero-order valence-corrected chi connectivity index (χ0v) is 12.0. The molecular formula is C8H14BrN5O2S. The van der Waals surface area contributed by atoms with Crippen LogP contribution in [0, 0.1) is 0 Å². The Morgan fingerprint density at radius 1 is 1.47 bits per heavy atom. The maximum atomic E-state index is 12.1. The van der Waals surface area contributed by atoms with Crippen LogP contribution in [0.3, 0.4) is 0 Å².